The highest BCUT2D eigenvalue weighted by molar-refractivity contribution is 6.32. The van der Waals surface area contributed by atoms with Gasteiger partial charge in [0.05, 0.1) is 17.5 Å². The third kappa shape index (κ3) is 2.17. The van der Waals surface area contributed by atoms with Crippen LogP contribution in [-0.4, -0.2) is 35.2 Å². The molecule has 0 bridgehead atoms. The largest absolute Gasteiger partial charge is 0.324 e. The molecular formula is C25H24ClN3O3. The molecule has 3 fully saturated rings. The predicted octanol–water partition coefficient (Wildman–Crippen LogP) is 3.70. The minimum atomic E-state index is -1.15. The van der Waals surface area contributed by atoms with Crippen molar-refractivity contribution in [2.24, 2.45) is 11.8 Å². The quantitative estimate of drug-likeness (QED) is 0.674. The van der Waals surface area contributed by atoms with Crippen LogP contribution in [0.2, 0.25) is 5.02 Å². The van der Waals surface area contributed by atoms with Gasteiger partial charge in [-0.2, -0.15) is 0 Å². The van der Waals surface area contributed by atoms with Gasteiger partial charge in [-0.1, -0.05) is 35.4 Å². The Morgan fingerprint density at radius 2 is 1.88 bits per heavy atom. The molecule has 3 saturated heterocycles. The molecule has 2 aromatic carbocycles. The fourth-order valence-corrected chi connectivity index (χ4v) is 6.91. The van der Waals surface area contributed by atoms with E-state index in [1.165, 1.54) is 4.90 Å². The van der Waals surface area contributed by atoms with Gasteiger partial charge in [0, 0.05) is 22.3 Å². The lowest BCUT2D eigenvalue weighted by Crippen LogP contribution is -2.54. The first kappa shape index (κ1) is 19.9. The maximum Gasteiger partial charge on any atom is 0.250 e. The Hall–Kier alpha value is -2.70. The highest BCUT2D eigenvalue weighted by atomic mass is 35.5. The zero-order chi connectivity index (χ0) is 22.5. The summed E-state index contributed by atoms with van der Waals surface area (Å²) in [6.45, 7) is 6.49. The number of carbonyl (C=O) groups is 3. The molecule has 4 atom stereocenters. The van der Waals surface area contributed by atoms with Crippen LogP contribution in [0.5, 0.6) is 0 Å². The number of fused-ring (bicyclic) bond motifs is 7. The molecule has 6 nitrogen and oxygen atoms in total. The molecule has 0 aliphatic carbocycles. The molecule has 1 spiro atoms. The molecule has 0 saturated carbocycles. The van der Waals surface area contributed by atoms with Crippen LogP contribution < -0.4 is 10.2 Å². The zero-order valence-corrected chi connectivity index (χ0v) is 19.0. The number of amides is 3. The first-order chi connectivity index (χ1) is 15.3. The van der Waals surface area contributed by atoms with E-state index in [0.29, 0.717) is 22.8 Å². The summed E-state index contributed by atoms with van der Waals surface area (Å²) in [5, 5.41) is 3.58. The Balaban J connectivity index is 1.59. The van der Waals surface area contributed by atoms with Crippen LogP contribution in [0, 0.1) is 32.6 Å². The van der Waals surface area contributed by atoms with E-state index in [4.69, 9.17) is 11.6 Å². The van der Waals surface area contributed by atoms with Crippen molar-refractivity contribution in [3.05, 3.63) is 57.6 Å². The average Bonchev–Trinajstić information content (AvgIpc) is 3.44. The molecule has 32 heavy (non-hydrogen) atoms. The highest BCUT2D eigenvalue weighted by Gasteiger charge is 2.74. The molecule has 164 valence electrons. The van der Waals surface area contributed by atoms with Crippen LogP contribution in [0.3, 0.4) is 0 Å². The fraction of sp³-hybridized carbons (Fsp3) is 0.400. The number of nitrogens with zero attached hydrogens (tertiary/aromatic N) is 2. The molecule has 0 radical (unpaired) electrons. The van der Waals surface area contributed by atoms with Crippen molar-refractivity contribution < 1.29 is 14.4 Å². The fourth-order valence-electron chi connectivity index (χ4n) is 6.74. The molecule has 3 amide bonds. The molecule has 0 aromatic heterocycles. The van der Waals surface area contributed by atoms with E-state index in [2.05, 4.69) is 10.2 Å². The summed E-state index contributed by atoms with van der Waals surface area (Å²) in [4.78, 5) is 45.0. The van der Waals surface area contributed by atoms with Crippen molar-refractivity contribution in [2.45, 2.75) is 45.2 Å². The van der Waals surface area contributed by atoms with Crippen LogP contribution >= 0.6 is 11.6 Å². The topological polar surface area (TPSA) is 69.7 Å². The molecule has 1 N–H and O–H groups in total. The summed E-state index contributed by atoms with van der Waals surface area (Å²) in [5.74, 6) is -2.00. The standard InChI is InChI=1S/C25H24ClN3O3/c1-12-10-13(2)21-15(11-12)25(24(32)27-21)20-19(18-8-5-9-28(18)25)22(30)29(23(20)31)17-7-4-6-16(26)14(17)3/h4,6-7,10-11,18-20H,5,8-9H2,1-3H3,(H,27,32)/t18-,19-,20+,25+/m1/s1. The number of carbonyl (C=O) groups excluding carboxylic acids is 3. The predicted molar refractivity (Wildman–Crippen MR) is 122 cm³/mol. The van der Waals surface area contributed by atoms with Gasteiger partial charge in [-0.05, 0) is 63.4 Å². The summed E-state index contributed by atoms with van der Waals surface area (Å²) in [6.07, 6.45) is 1.71. The maximum absolute atomic E-state index is 14.0. The van der Waals surface area contributed by atoms with Crippen molar-refractivity contribution in [3.8, 4) is 0 Å². The second-order valence-electron chi connectivity index (χ2n) is 9.53. The van der Waals surface area contributed by atoms with Crippen LogP contribution in [0.4, 0.5) is 11.4 Å². The smallest absolute Gasteiger partial charge is 0.250 e. The Labute approximate surface area is 191 Å². The Kier molecular flexibility index (Phi) is 4.00. The van der Waals surface area contributed by atoms with Crippen molar-refractivity contribution in [3.63, 3.8) is 0 Å². The molecule has 7 heteroatoms. The summed E-state index contributed by atoms with van der Waals surface area (Å²) < 4.78 is 0. The Morgan fingerprint density at radius 3 is 2.66 bits per heavy atom. The van der Waals surface area contributed by atoms with Gasteiger partial charge >= 0.3 is 0 Å². The summed E-state index contributed by atoms with van der Waals surface area (Å²) >= 11 is 6.32. The number of halogens is 1. The van der Waals surface area contributed by atoms with Crippen LogP contribution in [0.25, 0.3) is 0 Å². The lowest BCUT2D eigenvalue weighted by Gasteiger charge is -2.37. The number of rotatable bonds is 1. The maximum atomic E-state index is 14.0. The molecule has 2 aromatic rings. The van der Waals surface area contributed by atoms with E-state index in [1.807, 2.05) is 32.9 Å². The molecular weight excluding hydrogens is 426 g/mol. The Morgan fingerprint density at radius 1 is 1.09 bits per heavy atom. The molecule has 4 heterocycles. The van der Waals surface area contributed by atoms with Crippen molar-refractivity contribution in [1.82, 2.24) is 4.90 Å². The second kappa shape index (κ2) is 6.42. The number of imide groups is 1. The number of anilines is 2. The van der Waals surface area contributed by atoms with Crippen LogP contribution in [0.1, 0.15) is 35.1 Å². The van der Waals surface area contributed by atoms with Gasteiger partial charge in [0.15, 0.2) is 0 Å². The SMILES string of the molecule is Cc1cc(C)c2c(c1)[C@@]1(C(=O)N2)[C@@H]2C(=O)N(c3cccc(Cl)c3C)C(=O)[C@@H]2[C@H]2CCCN21. The minimum Gasteiger partial charge on any atom is -0.324 e. The molecule has 0 unspecified atom stereocenters. The van der Waals surface area contributed by atoms with Gasteiger partial charge in [-0.15, -0.1) is 0 Å². The van der Waals surface area contributed by atoms with E-state index in [1.54, 1.807) is 18.2 Å². The first-order valence-corrected chi connectivity index (χ1v) is 11.5. The summed E-state index contributed by atoms with van der Waals surface area (Å²) in [7, 11) is 0. The number of nitrogens with one attached hydrogen (secondary N) is 1. The van der Waals surface area contributed by atoms with Crippen molar-refractivity contribution in [1.29, 1.82) is 0 Å². The number of hydrogen-bond donors (Lipinski definition) is 1. The van der Waals surface area contributed by atoms with E-state index >= 15 is 0 Å². The van der Waals surface area contributed by atoms with Crippen molar-refractivity contribution in [2.75, 3.05) is 16.8 Å². The van der Waals surface area contributed by atoms with Gasteiger partial charge in [-0.25, -0.2) is 4.90 Å². The van der Waals surface area contributed by atoms with Crippen LogP contribution in [-0.2, 0) is 19.9 Å². The summed E-state index contributed by atoms with van der Waals surface area (Å²) in [6, 6.07) is 9.19. The average molecular weight is 450 g/mol. The summed E-state index contributed by atoms with van der Waals surface area (Å²) in [5.41, 5.74) is 3.69. The van der Waals surface area contributed by atoms with Gasteiger partial charge in [0.25, 0.3) is 0 Å². The molecule has 4 aliphatic heterocycles. The van der Waals surface area contributed by atoms with E-state index in [-0.39, 0.29) is 23.8 Å². The number of hydrogen-bond acceptors (Lipinski definition) is 4. The van der Waals surface area contributed by atoms with Crippen molar-refractivity contribution >= 4 is 40.7 Å². The minimum absolute atomic E-state index is 0.126. The van der Waals surface area contributed by atoms with Gasteiger partial charge in [0.2, 0.25) is 17.7 Å². The normalized spacial score (nSPS) is 30.8. The lowest BCUT2D eigenvalue weighted by atomic mass is 9.75. The second-order valence-corrected chi connectivity index (χ2v) is 9.93. The van der Waals surface area contributed by atoms with E-state index in [0.717, 1.165) is 35.2 Å². The highest BCUT2D eigenvalue weighted by Crippen LogP contribution is 2.61. The monoisotopic (exact) mass is 449 g/mol. The third-order valence-corrected chi connectivity index (χ3v) is 8.33. The lowest BCUT2D eigenvalue weighted by molar-refractivity contribution is -0.135. The Bertz CT molecular complexity index is 1240. The van der Waals surface area contributed by atoms with E-state index in [9.17, 15) is 14.4 Å². The number of aryl methyl sites for hydroxylation is 2. The third-order valence-electron chi connectivity index (χ3n) is 7.92. The van der Waals surface area contributed by atoms with Gasteiger partial charge < -0.3 is 5.32 Å². The van der Waals surface area contributed by atoms with Gasteiger partial charge in [0.1, 0.15) is 5.54 Å². The molecule has 4 aliphatic rings. The van der Waals surface area contributed by atoms with E-state index < -0.39 is 17.4 Å². The zero-order valence-electron chi connectivity index (χ0n) is 18.2. The number of benzene rings is 2. The van der Waals surface area contributed by atoms with Crippen LogP contribution in [0.15, 0.2) is 30.3 Å². The van der Waals surface area contributed by atoms with Gasteiger partial charge in [-0.3, -0.25) is 19.3 Å². The molecule has 6 rings (SSSR count). The first-order valence-electron chi connectivity index (χ1n) is 11.1.